The second kappa shape index (κ2) is 5.72. The van der Waals surface area contributed by atoms with E-state index in [2.05, 4.69) is 0 Å². The zero-order chi connectivity index (χ0) is 14.0. The molecule has 3 rings (SSSR count). The quantitative estimate of drug-likeness (QED) is 0.905. The first-order valence-corrected chi connectivity index (χ1v) is 7.90. The minimum absolute atomic E-state index is 0.0839. The molecule has 0 aliphatic heterocycles. The Bertz CT molecular complexity index is 464. The van der Waals surface area contributed by atoms with Crippen molar-refractivity contribution < 1.29 is 9.13 Å². The van der Waals surface area contributed by atoms with Crippen LogP contribution in [0.25, 0.3) is 0 Å². The highest BCUT2D eigenvalue weighted by molar-refractivity contribution is 5.41. The molecule has 0 unspecified atom stereocenters. The molecule has 2 nitrogen and oxygen atoms in total. The van der Waals surface area contributed by atoms with Gasteiger partial charge in [0, 0.05) is 17.5 Å². The standard InChI is InChI=1S/C17H24FNO/c18-13-7-8-16(20-14-5-4-6-14)15(11-13)17(12-19)9-2-1-3-10-17/h7-8,11,14H,1-6,9-10,12,19H2. The zero-order valence-corrected chi connectivity index (χ0v) is 12.0. The summed E-state index contributed by atoms with van der Waals surface area (Å²) in [5.74, 6) is 0.683. The highest BCUT2D eigenvalue weighted by Crippen LogP contribution is 2.43. The van der Waals surface area contributed by atoms with Gasteiger partial charge in [0.15, 0.2) is 0 Å². The van der Waals surface area contributed by atoms with E-state index in [0.717, 1.165) is 37.0 Å². The van der Waals surface area contributed by atoms with Crippen molar-refractivity contribution in [1.29, 1.82) is 0 Å². The molecule has 2 N–H and O–H groups in total. The zero-order valence-electron chi connectivity index (χ0n) is 12.0. The largest absolute Gasteiger partial charge is 0.490 e. The van der Waals surface area contributed by atoms with E-state index in [0.29, 0.717) is 12.6 Å². The van der Waals surface area contributed by atoms with Crippen molar-refractivity contribution in [2.45, 2.75) is 62.9 Å². The lowest BCUT2D eigenvalue weighted by molar-refractivity contribution is 0.115. The lowest BCUT2D eigenvalue weighted by Crippen LogP contribution is -2.38. The van der Waals surface area contributed by atoms with Gasteiger partial charge >= 0.3 is 0 Å². The van der Waals surface area contributed by atoms with E-state index < -0.39 is 0 Å². The minimum atomic E-state index is -0.181. The second-order valence-corrected chi connectivity index (χ2v) is 6.36. The minimum Gasteiger partial charge on any atom is -0.490 e. The van der Waals surface area contributed by atoms with Crippen LogP contribution in [0.1, 0.15) is 56.9 Å². The Morgan fingerprint density at radius 1 is 1.15 bits per heavy atom. The molecule has 3 heteroatoms. The van der Waals surface area contributed by atoms with Gasteiger partial charge in [0.25, 0.3) is 0 Å². The molecule has 110 valence electrons. The van der Waals surface area contributed by atoms with Crippen LogP contribution in [0.2, 0.25) is 0 Å². The third-order valence-electron chi connectivity index (χ3n) is 5.06. The van der Waals surface area contributed by atoms with Gasteiger partial charge < -0.3 is 10.5 Å². The van der Waals surface area contributed by atoms with Crippen molar-refractivity contribution in [2.75, 3.05) is 6.54 Å². The van der Waals surface area contributed by atoms with Gasteiger partial charge in [-0.15, -0.1) is 0 Å². The van der Waals surface area contributed by atoms with Crippen LogP contribution in [0.15, 0.2) is 18.2 Å². The third-order valence-corrected chi connectivity index (χ3v) is 5.06. The van der Waals surface area contributed by atoms with Gasteiger partial charge in [-0.05, 0) is 50.3 Å². The smallest absolute Gasteiger partial charge is 0.123 e. The van der Waals surface area contributed by atoms with E-state index in [-0.39, 0.29) is 11.2 Å². The van der Waals surface area contributed by atoms with Crippen LogP contribution in [0.4, 0.5) is 4.39 Å². The van der Waals surface area contributed by atoms with Crippen molar-refractivity contribution in [3.63, 3.8) is 0 Å². The molecule has 1 aromatic rings. The molecule has 2 saturated carbocycles. The van der Waals surface area contributed by atoms with E-state index in [1.54, 1.807) is 12.1 Å². The maximum atomic E-state index is 13.7. The fraction of sp³-hybridized carbons (Fsp3) is 0.647. The van der Waals surface area contributed by atoms with E-state index >= 15 is 0 Å². The molecule has 0 bridgehead atoms. The third kappa shape index (κ3) is 2.56. The maximum absolute atomic E-state index is 13.7. The van der Waals surface area contributed by atoms with Gasteiger partial charge in [-0.3, -0.25) is 0 Å². The molecule has 0 atom stereocenters. The summed E-state index contributed by atoms with van der Waals surface area (Å²) in [5, 5.41) is 0. The molecule has 0 amide bonds. The van der Waals surface area contributed by atoms with Crippen LogP contribution in [0.5, 0.6) is 5.75 Å². The SMILES string of the molecule is NCC1(c2cc(F)ccc2OC2CCC2)CCCCC1. The van der Waals surface area contributed by atoms with Gasteiger partial charge in [-0.2, -0.15) is 0 Å². The summed E-state index contributed by atoms with van der Waals surface area (Å²) >= 11 is 0. The highest BCUT2D eigenvalue weighted by Gasteiger charge is 2.36. The summed E-state index contributed by atoms with van der Waals surface area (Å²) in [4.78, 5) is 0. The molecule has 2 fully saturated rings. The molecule has 20 heavy (non-hydrogen) atoms. The van der Waals surface area contributed by atoms with Gasteiger partial charge in [-0.25, -0.2) is 4.39 Å². The second-order valence-electron chi connectivity index (χ2n) is 6.36. The molecule has 0 spiro atoms. The molecule has 2 aliphatic carbocycles. The molecule has 0 aromatic heterocycles. The summed E-state index contributed by atoms with van der Waals surface area (Å²) in [6.07, 6.45) is 9.50. The predicted molar refractivity (Wildman–Crippen MR) is 78.5 cm³/mol. The van der Waals surface area contributed by atoms with Crippen LogP contribution >= 0.6 is 0 Å². The highest BCUT2D eigenvalue weighted by atomic mass is 19.1. The first-order valence-electron chi connectivity index (χ1n) is 7.90. The number of halogens is 1. The van der Waals surface area contributed by atoms with Gasteiger partial charge in [0.05, 0.1) is 6.10 Å². The molecule has 0 saturated heterocycles. The number of benzene rings is 1. The van der Waals surface area contributed by atoms with Gasteiger partial charge in [0.2, 0.25) is 0 Å². The van der Waals surface area contributed by atoms with Crippen molar-refractivity contribution >= 4 is 0 Å². The van der Waals surface area contributed by atoms with E-state index in [9.17, 15) is 4.39 Å². The summed E-state index contributed by atoms with van der Waals surface area (Å²) in [6.45, 7) is 0.581. The lowest BCUT2D eigenvalue weighted by atomic mass is 9.69. The summed E-state index contributed by atoms with van der Waals surface area (Å²) in [5.41, 5.74) is 7.01. The first kappa shape index (κ1) is 13.9. The Morgan fingerprint density at radius 2 is 1.90 bits per heavy atom. The lowest BCUT2D eigenvalue weighted by Gasteiger charge is -2.39. The Balaban J connectivity index is 1.93. The number of rotatable bonds is 4. The average Bonchev–Trinajstić information content (AvgIpc) is 2.44. The monoisotopic (exact) mass is 277 g/mol. The molecule has 0 radical (unpaired) electrons. The van der Waals surface area contributed by atoms with Crippen molar-refractivity contribution in [1.82, 2.24) is 0 Å². The predicted octanol–water partition coefficient (Wildman–Crippen LogP) is 3.92. The van der Waals surface area contributed by atoms with Crippen molar-refractivity contribution in [3.05, 3.63) is 29.6 Å². The van der Waals surface area contributed by atoms with Gasteiger partial charge in [0.1, 0.15) is 11.6 Å². The number of nitrogens with two attached hydrogens (primary N) is 1. The van der Waals surface area contributed by atoms with Crippen LogP contribution < -0.4 is 10.5 Å². The molecular weight excluding hydrogens is 253 g/mol. The summed E-state index contributed by atoms with van der Waals surface area (Å²) < 4.78 is 19.8. The van der Waals surface area contributed by atoms with Crippen molar-refractivity contribution in [2.24, 2.45) is 5.73 Å². The van der Waals surface area contributed by atoms with E-state index in [1.165, 1.54) is 31.7 Å². The van der Waals surface area contributed by atoms with Crippen LogP contribution in [-0.2, 0) is 5.41 Å². The van der Waals surface area contributed by atoms with Crippen LogP contribution in [-0.4, -0.2) is 12.6 Å². The van der Waals surface area contributed by atoms with Crippen LogP contribution in [0.3, 0.4) is 0 Å². The summed E-state index contributed by atoms with van der Waals surface area (Å²) in [6, 6.07) is 4.96. The molecular formula is C17H24FNO. The molecule has 1 aromatic carbocycles. The topological polar surface area (TPSA) is 35.2 Å². The van der Waals surface area contributed by atoms with Crippen molar-refractivity contribution in [3.8, 4) is 5.75 Å². The Labute approximate surface area is 120 Å². The Kier molecular flexibility index (Phi) is 3.97. The number of hydrogen-bond acceptors (Lipinski definition) is 2. The van der Waals surface area contributed by atoms with E-state index in [4.69, 9.17) is 10.5 Å². The van der Waals surface area contributed by atoms with Crippen LogP contribution in [0, 0.1) is 5.82 Å². The van der Waals surface area contributed by atoms with E-state index in [1.807, 2.05) is 0 Å². The Morgan fingerprint density at radius 3 is 2.50 bits per heavy atom. The number of hydrogen-bond donors (Lipinski definition) is 1. The average molecular weight is 277 g/mol. The molecule has 0 heterocycles. The maximum Gasteiger partial charge on any atom is 0.123 e. The summed E-state index contributed by atoms with van der Waals surface area (Å²) in [7, 11) is 0. The fourth-order valence-electron chi connectivity index (χ4n) is 3.50. The van der Waals surface area contributed by atoms with Gasteiger partial charge in [-0.1, -0.05) is 19.3 Å². The molecule has 2 aliphatic rings. The normalized spacial score (nSPS) is 22.3. The Hall–Kier alpha value is -1.09. The first-order chi connectivity index (χ1) is 9.73. The number of ether oxygens (including phenoxy) is 1. The fourth-order valence-corrected chi connectivity index (χ4v) is 3.50.